The molecule has 0 saturated heterocycles. The van der Waals surface area contributed by atoms with Crippen LogP contribution in [0.1, 0.15) is 17.2 Å². The first-order valence-corrected chi connectivity index (χ1v) is 5.79. The van der Waals surface area contributed by atoms with Crippen molar-refractivity contribution >= 4 is 11.6 Å². The quantitative estimate of drug-likeness (QED) is 0.882. The molecular formula is C14H13ClFN. The van der Waals surface area contributed by atoms with Crippen LogP contribution in [0.2, 0.25) is 5.02 Å². The Hall–Kier alpha value is -1.38. The van der Waals surface area contributed by atoms with Gasteiger partial charge in [-0.2, -0.15) is 0 Å². The SMILES string of the molecule is NC(Cc1ccccc1Cl)c1ccccc1F. The molecule has 88 valence electrons. The number of hydrogen-bond acceptors (Lipinski definition) is 1. The molecular weight excluding hydrogens is 237 g/mol. The Morgan fingerprint density at radius 2 is 1.71 bits per heavy atom. The normalized spacial score (nSPS) is 12.4. The molecule has 0 fully saturated rings. The monoisotopic (exact) mass is 249 g/mol. The molecule has 2 N–H and O–H groups in total. The minimum atomic E-state index is -0.379. The third-order valence-electron chi connectivity index (χ3n) is 2.70. The molecule has 0 aliphatic rings. The number of nitrogens with two attached hydrogens (primary N) is 1. The van der Waals surface area contributed by atoms with E-state index in [1.807, 2.05) is 24.3 Å². The minimum Gasteiger partial charge on any atom is -0.324 e. The molecule has 0 aliphatic carbocycles. The number of benzene rings is 2. The second-order valence-electron chi connectivity index (χ2n) is 3.92. The Bertz CT molecular complexity index is 513. The maximum atomic E-state index is 13.5. The molecule has 0 aromatic heterocycles. The van der Waals surface area contributed by atoms with E-state index in [2.05, 4.69) is 0 Å². The molecule has 0 amide bonds. The van der Waals surface area contributed by atoms with E-state index in [1.165, 1.54) is 6.07 Å². The van der Waals surface area contributed by atoms with Crippen LogP contribution in [-0.4, -0.2) is 0 Å². The lowest BCUT2D eigenvalue weighted by atomic mass is 9.99. The van der Waals surface area contributed by atoms with E-state index in [9.17, 15) is 4.39 Å². The molecule has 0 spiro atoms. The van der Waals surface area contributed by atoms with Crippen molar-refractivity contribution in [2.24, 2.45) is 5.73 Å². The zero-order chi connectivity index (χ0) is 12.3. The number of hydrogen-bond donors (Lipinski definition) is 1. The van der Waals surface area contributed by atoms with E-state index in [1.54, 1.807) is 18.2 Å². The second-order valence-corrected chi connectivity index (χ2v) is 4.33. The summed E-state index contributed by atoms with van der Waals surface area (Å²) in [4.78, 5) is 0. The van der Waals surface area contributed by atoms with Crippen molar-refractivity contribution in [3.05, 3.63) is 70.5 Å². The van der Waals surface area contributed by atoms with Crippen molar-refractivity contribution in [3.8, 4) is 0 Å². The van der Waals surface area contributed by atoms with E-state index in [4.69, 9.17) is 17.3 Å². The van der Waals surface area contributed by atoms with Crippen LogP contribution < -0.4 is 5.73 Å². The summed E-state index contributed by atoms with van der Waals surface area (Å²) >= 11 is 6.05. The van der Waals surface area contributed by atoms with Gasteiger partial charge in [0, 0.05) is 16.6 Å². The summed E-state index contributed by atoms with van der Waals surface area (Å²) in [6, 6.07) is 13.7. The lowest BCUT2D eigenvalue weighted by Gasteiger charge is -2.13. The van der Waals surface area contributed by atoms with Gasteiger partial charge in [-0.1, -0.05) is 48.0 Å². The van der Waals surface area contributed by atoms with Crippen molar-refractivity contribution in [1.29, 1.82) is 0 Å². The summed E-state index contributed by atoms with van der Waals surface area (Å²) in [7, 11) is 0. The second kappa shape index (κ2) is 5.30. The maximum absolute atomic E-state index is 13.5. The molecule has 0 aliphatic heterocycles. The summed E-state index contributed by atoms with van der Waals surface area (Å²) in [5.41, 5.74) is 7.45. The molecule has 0 heterocycles. The average molecular weight is 250 g/mol. The van der Waals surface area contributed by atoms with Gasteiger partial charge in [0.2, 0.25) is 0 Å². The minimum absolute atomic E-state index is 0.271. The molecule has 1 nitrogen and oxygen atoms in total. The Morgan fingerprint density at radius 3 is 2.41 bits per heavy atom. The van der Waals surface area contributed by atoms with Gasteiger partial charge >= 0.3 is 0 Å². The summed E-state index contributed by atoms with van der Waals surface area (Å²) < 4.78 is 13.5. The highest BCUT2D eigenvalue weighted by Gasteiger charge is 2.12. The molecule has 1 unspecified atom stereocenters. The van der Waals surface area contributed by atoms with Crippen LogP contribution in [0.3, 0.4) is 0 Å². The van der Waals surface area contributed by atoms with Crippen LogP contribution >= 0.6 is 11.6 Å². The molecule has 17 heavy (non-hydrogen) atoms. The first-order valence-electron chi connectivity index (χ1n) is 5.42. The van der Waals surface area contributed by atoms with Crippen LogP contribution in [-0.2, 0) is 6.42 Å². The molecule has 2 aromatic carbocycles. The van der Waals surface area contributed by atoms with Gasteiger partial charge in [0.05, 0.1) is 0 Å². The molecule has 0 radical (unpaired) electrons. The van der Waals surface area contributed by atoms with Gasteiger partial charge in [0.25, 0.3) is 0 Å². The van der Waals surface area contributed by atoms with Crippen LogP contribution in [0.15, 0.2) is 48.5 Å². The summed E-state index contributed by atoms with van der Waals surface area (Å²) in [5, 5.41) is 0.666. The predicted molar refractivity (Wildman–Crippen MR) is 68.5 cm³/mol. The third kappa shape index (κ3) is 2.84. The van der Waals surface area contributed by atoms with Gasteiger partial charge in [-0.3, -0.25) is 0 Å². The largest absolute Gasteiger partial charge is 0.324 e. The molecule has 0 saturated carbocycles. The molecule has 1 atom stereocenters. The topological polar surface area (TPSA) is 26.0 Å². The predicted octanol–water partition coefficient (Wildman–Crippen LogP) is 3.72. The Balaban J connectivity index is 2.20. The third-order valence-corrected chi connectivity index (χ3v) is 3.07. The van der Waals surface area contributed by atoms with Crippen molar-refractivity contribution in [3.63, 3.8) is 0 Å². The van der Waals surface area contributed by atoms with Gasteiger partial charge in [-0.25, -0.2) is 4.39 Å². The van der Waals surface area contributed by atoms with Crippen molar-refractivity contribution in [2.75, 3.05) is 0 Å². The lowest BCUT2D eigenvalue weighted by molar-refractivity contribution is 0.580. The van der Waals surface area contributed by atoms with E-state index < -0.39 is 0 Å². The van der Waals surface area contributed by atoms with E-state index >= 15 is 0 Å². The average Bonchev–Trinajstić information content (AvgIpc) is 2.32. The maximum Gasteiger partial charge on any atom is 0.127 e. The zero-order valence-corrected chi connectivity index (χ0v) is 9.99. The molecule has 3 heteroatoms. The Labute approximate surface area is 105 Å². The van der Waals surface area contributed by atoms with Gasteiger partial charge < -0.3 is 5.73 Å². The first kappa shape index (κ1) is 12.1. The van der Waals surface area contributed by atoms with Crippen LogP contribution in [0.25, 0.3) is 0 Å². The van der Waals surface area contributed by atoms with Gasteiger partial charge in [-0.05, 0) is 24.1 Å². The van der Waals surface area contributed by atoms with Crippen LogP contribution in [0.4, 0.5) is 4.39 Å². The molecule has 0 bridgehead atoms. The summed E-state index contributed by atoms with van der Waals surface area (Å²) in [6.45, 7) is 0. The van der Waals surface area contributed by atoms with Gasteiger partial charge in [0.1, 0.15) is 5.82 Å². The van der Waals surface area contributed by atoms with E-state index in [0.29, 0.717) is 17.0 Å². The van der Waals surface area contributed by atoms with Crippen molar-refractivity contribution in [2.45, 2.75) is 12.5 Å². The van der Waals surface area contributed by atoms with Crippen LogP contribution in [0, 0.1) is 5.82 Å². The number of rotatable bonds is 3. The van der Waals surface area contributed by atoms with Crippen LogP contribution in [0.5, 0.6) is 0 Å². The smallest absolute Gasteiger partial charge is 0.127 e. The van der Waals surface area contributed by atoms with Gasteiger partial charge in [-0.15, -0.1) is 0 Å². The molecule has 2 aromatic rings. The fourth-order valence-corrected chi connectivity index (χ4v) is 2.00. The zero-order valence-electron chi connectivity index (χ0n) is 9.24. The van der Waals surface area contributed by atoms with Gasteiger partial charge in [0.15, 0.2) is 0 Å². The highest BCUT2D eigenvalue weighted by Crippen LogP contribution is 2.23. The van der Waals surface area contributed by atoms with Crippen molar-refractivity contribution < 1.29 is 4.39 Å². The first-order chi connectivity index (χ1) is 8.18. The highest BCUT2D eigenvalue weighted by atomic mass is 35.5. The summed E-state index contributed by atoms with van der Waals surface area (Å²) in [5.74, 6) is -0.271. The van der Waals surface area contributed by atoms with E-state index in [0.717, 1.165) is 5.56 Å². The van der Waals surface area contributed by atoms with E-state index in [-0.39, 0.29) is 11.9 Å². The fraction of sp³-hybridized carbons (Fsp3) is 0.143. The van der Waals surface area contributed by atoms with Crippen molar-refractivity contribution in [1.82, 2.24) is 0 Å². The number of halogens is 2. The fourth-order valence-electron chi connectivity index (χ4n) is 1.79. The Kier molecular flexibility index (Phi) is 3.77. The lowest BCUT2D eigenvalue weighted by Crippen LogP contribution is -2.15. The highest BCUT2D eigenvalue weighted by molar-refractivity contribution is 6.31. The summed E-state index contributed by atoms with van der Waals surface area (Å²) in [6.07, 6.45) is 0.528. The Morgan fingerprint density at radius 1 is 1.06 bits per heavy atom. The standard InChI is InChI=1S/C14H13ClFN/c15-12-7-3-1-5-10(12)9-14(17)11-6-2-4-8-13(11)16/h1-8,14H,9,17H2. The molecule has 2 rings (SSSR count).